The van der Waals surface area contributed by atoms with Gasteiger partial charge in [-0.05, 0) is 13.0 Å². The fraction of sp³-hybridized carbons (Fsp3) is 0.357. The first-order valence-corrected chi connectivity index (χ1v) is 6.39. The second kappa shape index (κ2) is 4.33. The molecule has 0 bridgehead atoms. The maximum atomic E-state index is 12.0. The Morgan fingerprint density at radius 3 is 3.00 bits per heavy atom. The molecular formula is C14H13NO5. The summed E-state index contributed by atoms with van der Waals surface area (Å²) in [6.45, 7) is 1.93. The molecule has 1 heterocycles. The van der Waals surface area contributed by atoms with Gasteiger partial charge >= 0.3 is 11.7 Å². The Kier molecular flexibility index (Phi) is 2.74. The van der Waals surface area contributed by atoms with Crippen LogP contribution in [-0.4, -0.2) is 23.2 Å². The summed E-state index contributed by atoms with van der Waals surface area (Å²) in [6, 6.07) is 6.96. The molecule has 2 aliphatic rings. The molecule has 104 valence electrons. The van der Waals surface area contributed by atoms with Crippen LogP contribution in [0.3, 0.4) is 0 Å². The fourth-order valence-electron chi connectivity index (χ4n) is 2.88. The molecule has 6 nitrogen and oxygen atoms in total. The van der Waals surface area contributed by atoms with Gasteiger partial charge in [0.05, 0.1) is 23.5 Å². The van der Waals surface area contributed by atoms with Crippen LogP contribution in [-0.2, 0) is 9.53 Å². The van der Waals surface area contributed by atoms with Crippen molar-refractivity contribution < 1.29 is 19.2 Å². The molecule has 0 radical (unpaired) electrons. The van der Waals surface area contributed by atoms with Crippen molar-refractivity contribution >= 4 is 5.97 Å². The molecule has 20 heavy (non-hydrogen) atoms. The molecular weight excluding hydrogens is 262 g/mol. The highest BCUT2D eigenvalue weighted by Gasteiger charge is 2.64. The molecule has 1 aliphatic carbocycles. The van der Waals surface area contributed by atoms with Crippen LogP contribution in [0.2, 0.25) is 0 Å². The lowest BCUT2D eigenvalue weighted by molar-refractivity contribution is -0.613. The van der Waals surface area contributed by atoms with Crippen LogP contribution in [0.25, 0.3) is 0 Å². The van der Waals surface area contributed by atoms with Gasteiger partial charge in [0, 0.05) is 5.56 Å². The second-order valence-electron chi connectivity index (χ2n) is 4.76. The van der Waals surface area contributed by atoms with Gasteiger partial charge in [-0.2, -0.15) is 0 Å². The van der Waals surface area contributed by atoms with E-state index in [2.05, 4.69) is 0 Å². The van der Waals surface area contributed by atoms with Crippen molar-refractivity contribution in [2.75, 3.05) is 6.61 Å². The lowest BCUT2D eigenvalue weighted by atomic mass is 9.89. The lowest BCUT2D eigenvalue weighted by Gasteiger charge is -2.20. The van der Waals surface area contributed by atoms with E-state index < -0.39 is 22.5 Å². The van der Waals surface area contributed by atoms with Crippen molar-refractivity contribution in [2.45, 2.75) is 25.0 Å². The third-order valence-electron chi connectivity index (χ3n) is 3.71. The highest BCUT2D eigenvalue weighted by atomic mass is 16.7. The number of nitrogens with zero attached hydrogens (tertiary/aromatic N) is 1. The number of para-hydroxylation sites is 1. The van der Waals surface area contributed by atoms with Crippen LogP contribution in [0.15, 0.2) is 35.9 Å². The Hall–Kier alpha value is -2.37. The van der Waals surface area contributed by atoms with Gasteiger partial charge in [0.2, 0.25) is 0 Å². The molecule has 0 spiro atoms. The summed E-state index contributed by atoms with van der Waals surface area (Å²) in [5.41, 5.74) is -0.624. The summed E-state index contributed by atoms with van der Waals surface area (Å²) in [5.74, 6) is -0.752. The summed E-state index contributed by atoms with van der Waals surface area (Å²) < 4.78 is 10.6. The second-order valence-corrected chi connectivity index (χ2v) is 4.76. The van der Waals surface area contributed by atoms with E-state index in [9.17, 15) is 14.9 Å². The van der Waals surface area contributed by atoms with Crippen LogP contribution in [0.5, 0.6) is 5.75 Å². The minimum absolute atomic E-state index is 0.0630. The van der Waals surface area contributed by atoms with Gasteiger partial charge < -0.3 is 9.47 Å². The lowest BCUT2D eigenvalue weighted by Crippen LogP contribution is -2.44. The average Bonchev–Trinajstić information content (AvgIpc) is 2.94. The third kappa shape index (κ3) is 1.54. The van der Waals surface area contributed by atoms with Gasteiger partial charge in [0.15, 0.2) is 0 Å². The highest BCUT2D eigenvalue weighted by molar-refractivity contribution is 5.92. The van der Waals surface area contributed by atoms with Crippen LogP contribution in [0, 0.1) is 10.1 Å². The molecule has 0 unspecified atom stereocenters. The number of esters is 1. The van der Waals surface area contributed by atoms with E-state index >= 15 is 0 Å². The zero-order chi connectivity index (χ0) is 14.3. The SMILES string of the molecule is CCOC(=O)C1=CC[C@]2([N+](=O)[O-])Oc3ccccc3[C@H]12. The normalized spacial score (nSPS) is 26.2. The minimum Gasteiger partial charge on any atom is -0.463 e. The maximum Gasteiger partial charge on any atom is 0.377 e. The summed E-state index contributed by atoms with van der Waals surface area (Å²) >= 11 is 0. The van der Waals surface area contributed by atoms with E-state index in [0.717, 1.165) is 0 Å². The molecule has 1 aromatic carbocycles. The van der Waals surface area contributed by atoms with Crippen molar-refractivity contribution in [1.29, 1.82) is 0 Å². The quantitative estimate of drug-likeness (QED) is 0.479. The summed E-state index contributed by atoms with van der Waals surface area (Å²) in [7, 11) is 0. The monoisotopic (exact) mass is 275 g/mol. The molecule has 2 atom stereocenters. The fourth-order valence-corrected chi connectivity index (χ4v) is 2.88. The predicted octanol–water partition coefficient (Wildman–Crippen LogP) is 2.03. The Morgan fingerprint density at radius 1 is 1.55 bits per heavy atom. The number of ether oxygens (including phenoxy) is 2. The number of hydrogen-bond donors (Lipinski definition) is 0. The summed E-state index contributed by atoms with van der Waals surface area (Å²) in [4.78, 5) is 23.0. The van der Waals surface area contributed by atoms with Gasteiger partial charge in [0.1, 0.15) is 11.7 Å². The van der Waals surface area contributed by atoms with Crippen LogP contribution in [0.4, 0.5) is 0 Å². The van der Waals surface area contributed by atoms with Crippen molar-refractivity contribution in [1.82, 2.24) is 0 Å². The first-order chi connectivity index (χ1) is 9.60. The number of rotatable bonds is 3. The van der Waals surface area contributed by atoms with Crippen LogP contribution < -0.4 is 4.74 Å². The van der Waals surface area contributed by atoms with Crippen LogP contribution >= 0.6 is 0 Å². The number of nitro groups is 1. The maximum absolute atomic E-state index is 12.0. The van der Waals surface area contributed by atoms with E-state index in [-0.39, 0.29) is 13.0 Å². The summed E-state index contributed by atoms with van der Waals surface area (Å²) in [6.07, 6.45) is 1.62. The van der Waals surface area contributed by atoms with Gasteiger partial charge in [-0.3, -0.25) is 10.1 Å². The first-order valence-electron chi connectivity index (χ1n) is 6.39. The first kappa shape index (κ1) is 12.7. The number of hydrogen-bond acceptors (Lipinski definition) is 5. The van der Waals surface area contributed by atoms with Crippen molar-refractivity contribution in [3.8, 4) is 5.75 Å². The van der Waals surface area contributed by atoms with E-state index in [1.54, 1.807) is 37.3 Å². The minimum atomic E-state index is -1.61. The topological polar surface area (TPSA) is 78.7 Å². The molecule has 0 saturated carbocycles. The molecule has 0 fully saturated rings. The number of benzene rings is 1. The molecule has 6 heteroatoms. The molecule has 3 rings (SSSR count). The molecule has 0 aromatic heterocycles. The largest absolute Gasteiger partial charge is 0.463 e. The predicted molar refractivity (Wildman–Crippen MR) is 68.9 cm³/mol. The van der Waals surface area contributed by atoms with E-state index in [1.165, 1.54) is 0 Å². The average molecular weight is 275 g/mol. The van der Waals surface area contributed by atoms with Crippen molar-refractivity contribution in [3.63, 3.8) is 0 Å². The number of carbonyl (C=O) groups excluding carboxylic acids is 1. The smallest absolute Gasteiger partial charge is 0.377 e. The van der Waals surface area contributed by atoms with Gasteiger partial charge in [-0.1, -0.05) is 24.3 Å². The van der Waals surface area contributed by atoms with E-state index in [4.69, 9.17) is 9.47 Å². The molecule has 1 aliphatic heterocycles. The molecule has 1 aromatic rings. The standard InChI is InChI=1S/C14H13NO5/c1-2-19-13(16)10-7-8-14(15(17)18)12(10)9-5-3-4-6-11(9)20-14/h3-7,12H,2,8H2,1H3/t12-,14+/m1/s1. The molecule has 0 N–H and O–H groups in total. The van der Waals surface area contributed by atoms with E-state index in [0.29, 0.717) is 16.9 Å². The highest BCUT2D eigenvalue weighted by Crippen LogP contribution is 2.54. The van der Waals surface area contributed by atoms with Gasteiger partial charge in [0.25, 0.3) is 0 Å². The number of fused-ring (bicyclic) bond motifs is 3. The Balaban J connectivity index is 2.08. The van der Waals surface area contributed by atoms with Gasteiger partial charge in [-0.15, -0.1) is 0 Å². The Bertz CT molecular complexity index is 624. The van der Waals surface area contributed by atoms with Crippen molar-refractivity contribution in [3.05, 3.63) is 51.6 Å². The van der Waals surface area contributed by atoms with Crippen LogP contribution in [0.1, 0.15) is 24.8 Å². The third-order valence-corrected chi connectivity index (χ3v) is 3.71. The summed E-state index contributed by atoms with van der Waals surface area (Å²) in [5, 5.41) is 11.5. The zero-order valence-electron chi connectivity index (χ0n) is 10.9. The van der Waals surface area contributed by atoms with Gasteiger partial charge in [-0.25, -0.2) is 4.79 Å². The Morgan fingerprint density at radius 2 is 2.30 bits per heavy atom. The Labute approximate surface area is 115 Å². The molecule has 0 saturated heterocycles. The molecule has 0 amide bonds. The van der Waals surface area contributed by atoms with E-state index in [1.807, 2.05) is 0 Å². The number of carbonyl (C=O) groups is 1. The van der Waals surface area contributed by atoms with Crippen molar-refractivity contribution in [2.24, 2.45) is 0 Å². The zero-order valence-corrected chi connectivity index (χ0v) is 10.9.